The molecule has 2 aliphatic rings. The fourth-order valence-corrected chi connectivity index (χ4v) is 5.19. The molecule has 0 bridgehead atoms. The molecule has 31 heavy (non-hydrogen) atoms. The first-order valence-corrected chi connectivity index (χ1v) is 11.1. The molecule has 1 aliphatic heterocycles. The number of nitrogens with one attached hydrogen (secondary N) is 1. The summed E-state index contributed by atoms with van der Waals surface area (Å²) in [5.74, 6) is 1.31. The number of carbonyl (C=O) groups is 2. The highest BCUT2D eigenvalue weighted by atomic mass is 16.3. The van der Waals surface area contributed by atoms with Crippen LogP contribution in [0.4, 0.5) is 0 Å². The fraction of sp³-hybridized carbons (Fsp3) is 0.500. The lowest BCUT2D eigenvalue weighted by molar-refractivity contribution is -0.134. The number of hydrogen-bond acceptors (Lipinski definition) is 4. The number of fused-ring (bicyclic) bond motifs is 3. The van der Waals surface area contributed by atoms with Crippen molar-refractivity contribution in [3.63, 3.8) is 0 Å². The maximum absolute atomic E-state index is 13.8. The van der Waals surface area contributed by atoms with E-state index in [9.17, 15) is 9.59 Å². The lowest BCUT2D eigenvalue weighted by Gasteiger charge is -2.45. The Bertz CT molecular complexity index is 1110. The van der Waals surface area contributed by atoms with Gasteiger partial charge in [0.1, 0.15) is 17.0 Å². The molecule has 2 amide bonds. The van der Waals surface area contributed by atoms with Gasteiger partial charge in [0, 0.05) is 18.2 Å². The van der Waals surface area contributed by atoms with Crippen molar-refractivity contribution in [3.05, 3.63) is 48.2 Å². The van der Waals surface area contributed by atoms with Gasteiger partial charge in [-0.2, -0.15) is 0 Å². The van der Waals surface area contributed by atoms with Gasteiger partial charge in [-0.3, -0.25) is 9.59 Å². The van der Waals surface area contributed by atoms with Crippen LogP contribution in [-0.2, 0) is 17.9 Å². The van der Waals surface area contributed by atoms with Gasteiger partial charge in [-0.25, -0.2) is 0 Å². The molecular formula is C24H29N3O4. The lowest BCUT2D eigenvalue weighted by Crippen LogP contribution is -2.65. The van der Waals surface area contributed by atoms with Gasteiger partial charge in [-0.15, -0.1) is 0 Å². The van der Waals surface area contributed by atoms with Crippen LogP contribution in [0.15, 0.2) is 45.6 Å². The van der Waals surface area contributed by atoms with Crippen LogP contribution in [0.1, 0.15) is 56.3 Å². The third-order valence-corrected chi connectivity index (χ3v) is 7.46. The largest absolute Gasteiger partial charge is 0.467 e. The maximum atomic E-state index is 13.8. The number of hydrogen-bond donors (Lipinski definition) is 1. The summed E-state index contributed by atoms with van der Waals surface area (Å²) in [6.45, 7) is 6.91. The molecular weight excluding hydrogens is 394 g/mol. The van der Waals surface area contributed by atoms with E-state index in [4.69, 9.17) is 8.83 Å². The van der Waals surface area contributed by atoms with Crippen LogP contribution >= 0.6 is 0 Å². The van der Waals surface area contributed by atoms with E-state index < -0.39 is 5.54 Å². The third-order valence-electron chi connectivity index (χ3n) is 7.46. The number of carbonyl (C=O) groups excluding carboxylic acids is 2. The first-order valence-electron chi connectivity index (χ1n) is 11.1. The first-order chi connectivity index (χ1) is 14.9. The summed E-state index contributed by atoms with van der Waals surface area (Å²) in [7, 11) is 0. The molecule has 5 rings (SSSR count). The number of aromatic nitrogens is 1. The Balaban J connectivity index is 1.52. The minimum Gasteiger partial charge on any atom is -0.467 e. The number of rotatable bonds is 4. The Kier molecular flexibility index (Phi) is 4.72. The van der Waals surface area contributed by atoms with Crippen LogP contribution in [0, 0.1) is 11.8 Å². The number of amides is 2. The Morgan fingerprint density at radius 1 is 1.23 bits per heavy atom. The van der Waals surface area contributed by atoms with E-state index >= 15 is 0 Å². The van der Waals surface area contributed by atoms with Crippen molar-refractivity contribution in [2.75, 3.05) is 0 Å². The molecule has 0 spiro atoms. The topological polar surface area (TPSA) is 80.6 Å². The van der Waals surface area contributed by atoms with Crippen molar-refractivity contribution in [3.8, 4) is 0 Å². The molecule has 0 saturated heterocycles. The van der Waals surface area contributed by atoms with Crippen LogP contribution in [0.25, 0.3) is 11.1 Å². The maximum Gasteiger partial charge on any atom is 0.272 e. The van der Waals surface area contributed by atoms with E-state index in [2.05, 4.69) is 19.2 Å². The predicted molar refractivity (Wildman–Crippen MR) is 115 cm³/mol. The molecule has 3 aromatic heterocycles. The number of nitrogens with zero attached hydrogens (tertiary/aromatic N) is 2. The quantitative estimate of drug-likeness (QED) is 0.683. The molecule has 0 radical (unpaired) electrons. The summed E-state index contributed by atoms with van der Waals surface area (Å²) < 4.78 is 13.0. The van der Waals surface area contributed by atoms with Crippen molar-refractivity contribution in [1.82, 2.24) is 14.8 Å². The molecule has 0 unspecified atom stereocenters. The Hall–Kier alpha value is -2.96. The van der Waals surface area contributed by atoms with Crippen molar-refractivity contribution in [1.29, 1.82) is 0 Å². The Morgan fingerprint density at radius 3 is 2.84 bits per heavy atom. The Morgan fingerprint density at radius 2 is 2.06 bits per heavy atom. The standard InChI is InChI=1S/C24H29N3O4/c1-15-6-4-8-18(16(15)2)25-23(29)24(3)14-26-19-9-11-31-21(19)12-20(26)22(28)27(24)13-17-7-5-10-30-17/h5,7,9-12,15-16,18H,4,6,8,13-14H2,1-3H3,(H,25,29)/t15-,16-,18+,24-/m1/s1. The molecule has 4 atom stereocenters. The van der Waals surface area contributed by atoms with Gasteiger partial charge in [0.2, 0.25) is 5.91 Å². The molecule has 1 aliphatic carbocycles. The first kappa shape index (κ1) is 20.0. The predicted octanol–water partition coefficient (Wildman–Crippen LogP) is 4.18. The molecule has 1 N–H and O–H groups in total. The second-order valence-electron chi connectivity index (χ2n) is 9.38. The van der Waals surface area contributed by atoms with Gasteiger partial charge in [-0.05, 0) is 37.3 Å². The monoisotopic (exact) mass is 423 g/mol. The van der Waals surface area contributed by atoms with Gasteiger partial charge < -0.3 is 23.6 Å². The van der Waals surface area contributed by atoms with E-state index in [1.54, 1.807) is 29.6 Å². The van der Waals surface area contributed by atoms with Gasteiger partial charge in [-0.1, -0.05) is 26.7 Å². The highest BCUT2D eigenvalue weighted by molar-refractivity contribution is 6.02. The molecule has 7 heteroatoms. The fourth-order valence-electron chi connectivity index (χ4n) is 5.19. The molecule has 1 fully saturated rings. The van der Waals surface area contributed by atoms with Crippen LogP contribution in [0.5, 0.6) is 0 Å². The van der Waals surface area contributed by atoms with Crippen molar-refractivity contribution in [2.24, 2.45) is 11.8 Å². The molecule has 164 valence electrons. The minimum absolute atomic E-state index is 0.116. The van der Waals surface area contributed by atoms with Gasteiger partial charge in [0.05, 0.1) is 31.1 Å². The lowest BCUT2D eigenvalue weighted by atomic mass is 9.77. The normalized spacial score (nSPS) is 28.7. The van der Waals surface area contributed by atoms with E-state index in [0.29, 0.717) is 35.4 Å². The zero-order valence-electron chi connectivity index (χ0n) is 18.3. The van der Waals surface area contributed by atoms with Crippen molar-refractivity contribution < 1.29 is 18.4 Å². The van der Waals surface area contributed by atoms with Gasteiger partial charge in [0.25, 0.3) is 5.91 Å². The van der Waals surface area contributed by atoms with Crippen molar-refractivity contribution in [2.45, 2.75) is 64.7 Å². The van der Waals surface area contributed by atoms with Crippen LogP contribution < -0.4 is 5.32 Å². The second-order valence-corrected chi connectivity index (χ2v) is 9.38. The zero-order valence-corrected chi connectivity index (χ0v) is 18.3. The van der Waals surface area contributed by atoms with Crippen LogP contribution in [0.3, 0.4) is 0 Å². The van der Waals surface area contributed by atoms with Crippen molar-refractivity contribution >= 4 is 22.9 Å². The second kappa shape index (κ2) is 7.32. The summed E-state index contributed by atoms with van der Waals surface area (Å²) in [4.78, 5) is 29.0. The van der Waals surface area contributed by atoms with Crippen LogP contribution in [0.2, 0.25) is 0 Å². The van der Waals surface area contributed by atoms with E-state index in [1.807, 2.05) is 23.6 Å². The summed E-state index contributed by atoms with van der Waals surface area (Å²) in [6, 6.07) is 7.35. The average Bonchev–Trinajstić information content (AvgIpc) is 3.47. The summed E-state index contributed by atoms with van der Waals surface area (Å²) in [6.07, 6.45) is 6.47. The summed E-state index contributed by atoms with van der Waals surface area (Å²) >= 11 is 0. The molecule has 7 nitrogen and oxygen atoms in total. The molecule has 1 saturated carbocycles. The highest BCUT2D eigenvalue weighted by Gasteiger charge is 2.49. The highest BCUT2D eigenvalue weighted by Crippen LogP contribution is 2.35. The average molecular weight is 424 g/mol. The van der Waals surface area contributed by atoms with E-state index in [-0.39, 0.29) is 24.4 Å². The smallest absolute Gasteiger partial charge is 0.272 e. The van der Waals surface area contributed by atoms with E-state index in [0.717, 1.165) is 18.4 Å². The van der Waals surface area contributed by atoms with Gasteiger partial charge in [0.15, 0.2) is 5.58 Å². The van der Waals surface area contributed by atoms with E-state index in [1.165, 1.54) is 6.42 Å². The molecule has 3 aromatic rings. The summed E-state index contributed by atoms with van der Waals surface area (Å²) in [5, 5.41) is 3.30. The van der Waals surface area contributed by atoms with Gasteiger partial charge >= 0.3 is 0 Å². The minimum atomic E-state index is -1.06. The SMILES string of the molecule is C[C@@H]1[C@H](C)CCC[C@@H]1NC(=O)[C@@]1(C)Cn2c(cc3occc32)C(=O)N1Cc1ccco1. The molecule has 4 heterocycles. The summed E-state index contributed by atoms with van der Waals surface area (Å²) in [5.41, 5.74) is 0.965. The number of furan rings is 2. The van der Waals surface area contributed by atoms with Crippen LogP contribution in [-0.4, -0.2) is 32.9 Å². The third kappa shape index (κ3) is 3.18. The zero-order chi connectivity index (χ0) is 21.8. The molecule has 0 aromatic carbocycles. The Labute approximate surface area is 181 Å².